The van der Waals surface area contributed by atoms with Gasteiger partial charge in [0.15, 0.2) is 9.84 Å². The number of pyridine rings is 1. The van der Waals surface area contributed by atoms with E-state index in [2.05, 4.69) is 4.98 Å². The van der Waals surface area contributed by atoms with Crippen molar-refractivity contribution in [3.63, 3.8) is 0 Å². The standard InChI is InChI=1S/C13H20BNO4S/c1-9-7-8-15-11(10(9)20(6,16)17)14-18-12(2,3)13(4,5)19-14/h7-8H,1-6H3. The second-order valence-electron chi connectivity index (χ2n) is 6.20. The van der Waals surface area contributed by atoms with Gasteiger partial charge < -0.3 is 9.31 Å². The first-order valence-corrected chi connectivity index (χ1v) is 8.36. The molecule has 0 bridgehead atoms. The molecule has 0 atom stereocenters. The van der Waals surface area contributed by atoms with E-state index >= 15 is 0 Å². The molecule has 0 aliphatic carbocycles. The first kappa shape index (κ1) is 15.5. The minimum atomic E-state index is -3.40. The average Bonchev–Trinajstić information content (AvgIpc) is 2.46. The summed E-state index contributed by atoms with van der Waals surface area (Å²) in [6.07, 6.45) is 2.75. The molecule has 0 spiro atoms. The molecule has 2 heterocycles. The number of nitrogens with zero attached hydrogens (tertiary/aromatic N) is 1. The molecule has 0 unspecified atom stereocenters. The highest BCUT2D eigenvalue weighted by molar-refractivity contribution is 7.91. The molecular weight excluding hydrogens is 277 g/mol. The lowest BCUT2D eigenvalue weighted by molar-refractivity contribution is 0.00578. The molecular formula is C13H20BNO4S. The molecule has 1 aromatic heterocycles. The summed E-state index contributed by atoms with van der Waals surface area (Å²) in [5.41, 5.74) is -0.0891. The summed E-state index contributed by atoms with van der Waals surface area (Å²) in [7, 11) is -4.17. The largest absolute Gasteiger partial charge is 0.515 e. The molecule has 1 aromatic rings. The molecule has 1 saturated heterocycles. The summed E-state index contributed by atoms with van der Waals surface area (Å²) < 4.78 is 35.8. The smallest absolute Gasteiger partial charge is 0.398 e. The van der Waals surface area contributed by atoms with Gasteiger partial charge in [-0.15, -0.1) is 0 Å². The fraction of sp³-hybridized carbons (Fsp3) is 0.615. The topological polar surface area (TPSA) is 65.5 Å². The number of aryl methyl sites for hydroxylation is 1. The molecule has 0 N–H and O–H groups in total. The zero-order valence-corrected chi connectivity index (χ0v) is 13.5. The molecule has 0 saturated carbocycles. The van der Waals surface area contributed by atoms with Crippen molar-refractivity contribution in [1.29, 1.82) is 0 Å². The van der Waals surface area contributed by atoms with Gasteiger partial charge >= 0.3 is 7.12 Å². The Kier molecular flexibility index (Phi) is 3.52. The van der Waals surface area contributed by atoms with Gasteiger partial charge in [-0.1, -0.05) is 0 Å². The van der Waals surface area contributed by atoms with Crippen molar-refractivity contribution in [2.45, 2.75) is 50.7 Å². The van der Waals surface area contributed by atoms with Crippen LogP contribution in [-0.2, 0) is 19.1 Å². The Labute approximate surface area is 120 Å². The molecule has 2 rings (SSSR count). The van der Waals surface area contributed by atoms with Crippen LogP contribution >= 0.6 is 0 Å². The van der Waals surface area contributed by atoms with E-state index in [4.69, 9.17) is 9.31 Å². The van der Waals surface area contributed by atoms with Crippen LogP contribution in [0.1, 0.15) is 33.3 Å². The summed E-state index contributed by atoms with van der Waals surface area (Å²) >= 11 is 0. The van der Waals surface area contributed by atoms with Gasteiger partial charge in [0.05, 0.1) is 21.7 Å². The third-order valence-corrected chi connectivity index (χ3v) is 5.25. The molecule has 0 aromatic carbocycles. The Morgan fingerprint density at radius 3 is 2.10 bits per heavy atom. The highest BCUT2D eigenvalue weighted by Gasteiger charge is 2.53. The van der Waals surface area contributed by atoms with Gasteiger partial charge in [0, 0.05) is 12.5 Å². The Bertz CT molecular complexity index is 624. The lowest BCUT2D eigenvalue weighted by Crippen LogP contribution is -2.41. The summed E-state index contributed by atoms with van der Waals surface area (Å²) in [6.45, 7) is 9.42. The van der Waals surface area contributed by atoms with Crippen molar-refractivity contribution in [2.75, 3.05) is 6.26 Å². The van der Waals surface area contributed by atoms with Crippen LogP contribution in [0.5, 0.6) is 0 Å². The minimum Gasteiger partial charge on any atom is -0.398 e. The van der Waals surface area contributed by atoms with Gasteiger partial charge in [-0.25, -0.2) is 8.42 Å². The van der Waals surface area contributed by atoms with Crippen LogP contribution in [0.2, 0.25) is 0 Å². The predicted molar refractivity (Wildman–Crippen MR) is 77.8 cm³/mol. The maximum atomic E-state index is 12.0. The van der Waals surface area contributed by atoms with Crippen LogP contribution in [0.3, 0.4) is 0 Å². The van der Waals surface area contributed by atoms with Crippen LogP contribution in [0.15, 0.2) is 17.2 Å². The molecule has 1 aliphatic heterocycles. The zero-order valence-electron chi connectivity index (χ0n) is 12.7. The van der Waals surface area contributed by atoms with Crippen LogP contribution < -0.4 is 5.59 Å². The first-order chi connectivity index (χ1) is 8.96. The molecule has 20 heavy (non-hydrogen) atoms. The molecule has 1 aliphatic rings. The van der Waals surface area contributed by atoms with Crippen molar-refractivity contribution >= 4 is 22.5 Å². The number of hydrogen-bond acceptors (Lipinski definition) is 5. The zero-order chi connectivity index (χ0) is 15.3. The lowest BCUT2D eigenvalue weighted by atomic mass is 9.83. The number of hydrogen-bond donors (Lipinski definition) is 0. The third kappa shape index (κ3) is 2.50. The fourth-order valence-corrected chi connectivity index (χ4v) is 3.35. The molecule has 7 heteroatoms. The quantitative estimate of drug-likeness (QED) is 0.765. The lowest BCUT2D eigenvalue weighted by Gasteiger charge is -2.32. The number of rotatable bonds is 2. The fourth-order valence-electron chi connectivity index (χ4n) is 2.17. The van der Waals surface area contributed by atoms with Crippen LogP contribution in [0, 0.1) is 6.92 Å². The molecule has 1 fully saturated rings. The van der Waals surface area contributed by atoms with E-state index < -0.39 is 28.2 Å². The second kappa shape index (κ2) is 4.54. The number of aromatic nitrogens is 1. The third-order valence-electron chi connectivity index (χ3n) is 3.98. The molecule has 110 valence electrons. The average molecular weight is 297 g/mol. The summed E-state index contributed by atoms with van der Waals surface area (Å²) in [4.78, 5) is 4.38. The van der Waals surface area contributed by atoms with Gasteiger partial charge in [0.25, 0.3) is 0 Å². The Hall–Kier alpha value is -0.915. The Balaban J connectivity index is 2.55. The van der Waals surface area contributed by atoms with E-state index in [1.807, 2.05) is 27.7 Å². The van der Waals surface area contributed by atoms with Gasteiger partial charge in [0.2, 0.25) is 0 Å². The summed E-state index contributed by atoms with van der Waals surface area (Å²) in [5, 5.41) is 0. The van der Waals surface area contributed by atoms with E-state index in [9.17, 15) is 8.42 Å². The van der Waals surface area contributed by atoms with Crippen molar-refractivity contribution in [3.05, 3.63) is 17.8 Å². The Morgan fingerprint density at radius 1 is 1.15 bits per heavy atom. The molecule has 5 nitrogen and oxygen atoms in total. The Morgan fingerprint density at radius 2 is 1.65 bits per heavy atom. The highest BCUT2D eigenvalue weighted by Crippen LogP contribution is 2.36. The van der Waals surface area contributed by atoms with Crippen LogP contribution in [-0.4, -0.2) is 38.0 Å². The second-order valence-corrected chi connectivity index (χ2v) is 8.16. The van der Waals surface area contributed by atoms with Crippen LogP contribution in [0.25, 0.3) is 0 Å². The first-order valence-electron chi connectivity index (χ1n) is 6.47. The van der Waals surface area contributed by atoms with E-state index in [0.717, 1.165) is 0 Å². The monoisotopic (exact) mass is 297 g/mol. The van der Waals surface area contributed by atoms with Gasteiger partial charge in [-0.2, -0.15) is 0 Å². The van der Waals surface area contributed by atoms with Crippen molar-refractivity contribution in [2.24, 2.45) is 0 Å². The van der Waals surface area contributed by atoms with Crippen molar-refractivity contribution in [1.82, 2.24) is 4.98 Å². The maximum Gasteiger partial charge on any atom is 0.515 e. The predicted octanol–water partition coefficient (Wildman–Crippen LogP) is 1.09. The maximum absolute atomic E-state index is 12.0. The SMILES string of the molecule is Cc1ccnc(B2OC(C)(C)C(C)(C)O2)c1S(C)(=O)=O. The normalized spacial score (nSPS) is 21.2. The van der Waals surface area contributed by atoms with Crippen LogP contribution in [0.4, 0.5) is 0 Å². The van der Waals surface area contributed by atoms with Crippen molar-refractivity contribution < 1.29 is 17.7 Å². The van der Waals surface area contributed by atoms with E-state index in [1.165, 1.54) is 6.26 Å². The summed E-state index contributed by atoms with van der Waals surface area (Å²) in [5.74, 6) is 0. The minimum absolute atomic E-state index is 0.193. The van der Waals surface area contributed by atoms with E-state index in [1.54, 1.807) is 19.2 Å². The van der Waals surface area contributed by atoms with Gasteiger partial charge in [-0.3, -0.25) is 4.98 Å². The molecule has 0 radical (unpaired) electrons. The van der Waals surface area contributed by atoms with Crippen molar-refractivity contribution in [3.8, 4) is 0 Å². The van der Waals surface area contributed by atoms with Gasteiger partial charge in [-0.05, 0) is 46.2 Å². The summed E-state index contributed by atoms with van der Waals surface area (Å²) in [6, 6.07) is 1.67. The van der Waals surface area contributed by atoms with E-state index in [-0.39, 0.29) is 4.90 Å². The number of sulfone groups is 1. The molecule has 0 amide bonds. The van der Waals surface area contributed by atoms with Gasteiger partial charge in [0.1, 0.15) is 0 Å². The van der Waals surface area contributed by atoms with E-state index in [0.29, 0.717) is 11.2 Å². The highest BCUT2D eigenvalue weighted by atomic mass is 32.2.